The van der Waals surface area contributed by atoms with Crippen molar-refractivity contribution in [3.63, 3.8) is 0 Å². The number of nitrogens with zero attached hydrogens (tertiary/aromatic N) is 3. The topological polar surface area (TPSA) is 62.2 Å². The normalized spacial score (nSPS) is 17.0. The number of hydrogen-bond donors (Lipinski definition) is 0. The molecule has 1 aromatic carbocycles. The van der Waals surface area contributed by atoms with Crippen molar-refractivity contribution in [2.45, 2.75) is 6.54 Å². The van der Waals surface area contributed by atoms with Crippen molar-refractivity contribution in [1.29, 1.82) is 0 Å². The summed E-state index contributed by atoms with van der Waals surface area (Å²) in [6.45, 7) is 1.18. The van der Waals surface area contributed by atoms with Crippen LogP contribution in [-0.4, -0.2) is 53.2 Å². The summed E-state index contributed by atoms with van der Waals surface area (Å²) in [5.74, 6) is 0.526. The molecule has 1 aliphatic rings. The number of amides is 2. The molecule has 2 rings (SSSR count). The average molecular weight is 307 g/mol. The quantitative estimate of drug-likeness (QED) is 0.631. The molecule has 0 atom stereocenters. The van der Waals surface area contributed by atoms with E-state index in [2.05, 4.69) is 5.16 Å². The molecule has 1 heterocycles. The van der Waals surface area contributed by atoms with Crippen LogP contribution in [0.3, 0.4) is 0 Å². The van der Waals surface area contributed by atoms with E-state index >= 15 is 0 Å². The van der Waals surface area contributed by atoms with Crippen LogP contribution in [0.4, 0.5) is 4.79 Å². The SMILES string of the molecule is CN(C)C(=O)O/N=C1/SCCN(Cc2ccccc2)C1=O. The first kappa shape index (κ1) is 15.4. The average Bonchev–Trinajstić information content (AvgIpc) is 2.48. The fourth-order valence-electron chi connectivity index (χ4n) is 1.73. The van der Waals surface area contributed by atoms with Crippen LogP contribution in [0.15, 0.2) is 35.5 Å². The van der Waals surface area contributed by atoms with Gasteiger partial charge in [-0.25, -0.2) is 4.79 Å². The largest absolute Gasteiger partial charge is 0.435 e. The van der Waals surface area contributed by atoms with Gasteiger partial charge in [0.05, 0.1) is 0 Å². The molecule has 0 aromatic heterocycles. The molecule has 0 spiro atoms. The van der Waals surface area contributed by atoms with Gasteiger partial charge >= 0.3 is 6.09 Å². The summed E-state index contributed by atoms with van der Waals surface area (Å²) >= 11 is 1.30. The molecule has 21 heavy (non-hydrogen) atoms. The zero-order valence-electron chi connectivity index (χ0n) is 12.0. The van der Waals surface area contributed by atoms with Crippen LogP contribution < -0.4 is 0 Å². The second-order valence-corrected chi connectivity index (χ2v) is 5.79. The van der Waals surface area contributed by atoms with Crippen molar-refractivity contribution in [1.82, 2.24) is 9.80 Å². The predicted octanol–water partition coefficient (Wildman–Crippen LogP) is 1.77. The highest BCUT2D eigenvalue weighted by atomic mass is 32.2. The number of carbonyl (C=O) groups excluding carboxylic acids is 2. The maximum Gasteiger partial charge on any atom is 0.435 e. The van der Waals surface area contributed by atoms with Gasteiger partial charge in [-0.15, -0.1) is 0 Å². The molecule has 0 unspecified atom stereocenters. The minimum atomic E-state index is -0.601. The molecule has 112 valence electrons. The third kappa shape index (κ3) is 4.22. The Morgan fingerprint density at radius 1 is 1.38 bits per heavy atom. The maximum absolute atomic E-state index is 12.3. The number of benzene rings is 1. The van der Waals surface area contributed by atoms with Gasteiger partial charge in [-0.1, -0.05) is 47.2 Å². The van der Waals surface area contributed by atoms with Crippen LogP contribution >= 0.6 is 11.8 Å². The van der Waals surface area contributed by atoms with E-state index in [1.54, 1.807) is 19.0 Å². The van der Waals surface area contributed by atoms with Crippen LogP contribution in [0.1, 0.15) is 5.56 Å². The van der Waals surface area contributed by atoms with Gasteiger partial charge in [0.2, 0.25) is 5.04 Å². The minimum absolute atomic E-state index is 0.207. The predicted molar refractivity (Wildman–Crippen MR) is 81.9 cm³/mol. The third-order valence-electron chi connectivity index (χ3n) is 2.86. The third-order valence-corrected chi connectivity index (χ3v) is 3.77. The van der Waals surface area contributed by atoms with E-state index in [1.807, 2.05) is 30.3 Å². The van der Waals surface area contributed by atoms with Crippen LogP contribution in [0.5, 0.6) is 0 Å². The van der Waals surface area contributed by atoms with E-state index in [9.17, 15) is 9.59 Å². The van der Waals surface area contributed by atoms with E-state index in [4.69, 9.17) is 4.84 Å². The Labute approximate surface area is 127 Å². The fourth-order valence-corrected chi connectivity index (χ4v) is 2.58. The first-order chi connectivity index (χ1) is 10.1. The molecule has 1 fully saturated rings. The lowest BCUT2D eigenvalue weighted by Crippen LogP contribution is -2.41. The summed E-state index contributed by atoms with van der Waals surface area (Å²) in [6, 6.07) is 9.75. The zero-order chi connectivity index (χ0) is 15.2. The lowest BCUT2D eigenvalue weighted by molar-refractivity contribution is -0.124. The Balaban J connectivity index is 2.01. The molecule has 6 nitrogen and oxygen atoms in total. The Bertz CT molecular complexity index is 546. The molecule has 1 saturated heterocycles. The smallest absolute Gasteiger partial charge is 0.332 e. The number of thioether (sulfide) groups is 1. The molecule has 1 aromatic rings. The number of carbonyl (C=O) groups is 2. The first-order valence-corrected chi connectivity index (χ1v) is 7.49. The number of hydrogen-bond acceptors (Lipinski definition) is 5. The molecule has 0 N–H and O–H groups in total. The molecule has 0 saturated carbocycles. The van der Waals surface area contributed by atoms with E-state index < -0.39 is 6.09 Å². The summed E-state index contributed by atoms with van der Waals surface area (Å²) in [4.78, 5) is 31.3. The molecule has 0 radical (unpaired) electrons. The molecule has 2 amide bonds. The van der Waals surface area contributed by atoms with E-state index in [-0.39, 0.29) is 11.0 Å². The summed E-state index contributed by atoms with van der Waals surface area (Å²) in [5.41, 5.74) is 1.06. The second kappa shape index (κ2) is 7.12. The Kier molecular flexibility index (Phi) is 5.21. The van der Waals surface area contributed by atoms with Crippen LogP contribution in [0.2, 0.25) is 0 Å². The maximum atomic E-state index is 12.3. The van der Waals surface area contributed by atoms with Crippen LogP contribution in [0, 0.1) is 0 Å². The van der Waals surface area contributed by atoms with Gasteiger partial charge in [0.25, 0.3) is 5.91 Å². The summed E-state index contributed by atoms with van der Waals surface area (Å²) in [6.07, 6.45) is -0.601. The van der Waals surface area contributed by atoms with Crippen molar-refractivity contribution in [2.24, 2.45) is 5.16 Å². The summed E-state index contributed by atoms with van der Waals surface area (Å²) < 4.78 is 0. The van der Waals surface area contributed by atoms with Crippen molar-refractivity contribution < 1.29 is 14.4 Å². The van der Waals surface area contributed by atoms with Crippen LogP contribution in [-0.2, 0) is 16.2 Å². The van der Waals surface area contributed by atoms with E-state index in [0.717, 1.165) is 11.3 Å². The molecular formula is C14H17N3O3S. The first-order valence-electron chi connectivity index (χ1n) is 6.50. The van der Waals surface area contributed by atoms with Gasteiger partial charge in [-0.05, 0) is 5.56 Å². The van der Waals surface area contributed by atoms with Crippen molar-refractivity contribution >= 4 is 28.8 Å². The molecule has 1 aliphatic heterocycles. The lowest BCUT2D eigenvalue weighted by atomic mass is 10.2. The highest BCUT2D eigenvalue weighted by molar-refractivity contribution is 8.15. The molecule has 0 aliphatic carbocycles. The standard InChI is InChI=1S/C14H17N3O3S/c1-16(2)14(19)20-15-12-13(18)17(8-9-21-12)10-11-6-4-3-5-7-11/h3-7H,8-10H2,1-2H3/b15-12+. The summed E-state index contributed by atoms with van der Waals surface area (Å²) in [7, 11) is 3.11. The Morgan fingerprint density at radius 2 is 2.10 bits per heavy atom. The lowest BCUT2D eigenvalue weighted by Gasteiger charge is -2.26. The van der Waals surface area contributed by atoms with Gasteiger partial charge in [-0.3, -0.25) is 9.63 Å². The zero-order valence-corrected chi connectivity index (χ0v) is 12.8. The monoisotopic (exact) mass is 307 g/mol. The highest BCUT2D eigenvalue weighted by Gasteiger charge is 2.26. The highest BCUT2D eigenvalue weighted by Crippen LogP contribution is 2.17. The van der Waals surface area contributed by atoms with Gasteiger partial charge in [0.1, 0.15) is 0 Å². The molecule has 0 bridgehead atoms. The number of rotatable bonds is 3. The van der Waals surface area contributed by atoms with Gasteiger partial charge in [-0.2, -0.15) is 0 Å². The Hall–Kier alpha value is -2.02. The van der Waals surface area contributed by atoms with E-state index in [0.29, 0.717) is 13.1 Å². The fraction of sp³-hybridized carbons (Fsp3) is 0.357. The van der Waals surface area contributed by atoms with Gasteiger partial charge < -0.3 is 9.80 Å². The Morgan fingerprint density at radius 3 is 2.76 bits per heavy atom. The molecular weight excluding hydrogens is 290 g/mol. The van der Waals surface area contributed by atoms with Crippen LogP contribution in [0.25, 0.3) is 0 Å². The van der Waals surface area contributed by atoms with Crippen molar-refractivity contribution in [2.75, 3.05) is 26.4 Å². The number of oxime groups is 1. The van der Waals surface area contributed by atoms with E-state index in [1.165, 1.54) is 16.7 Å². The van der Waals surface area contributed by atoms with Gasteiger partial charge in [0.15, 0.2) is 0 Å². The van der Waals surface area contributed by atoms with Crippen molar-refractivity contribution in [3.05, 3.63) is 35.9 Å². The molecule has 7 heteroatoms. The minimum Gasteiger partial charge on any atom is -0.332 e. The second-order valence-electron chi connectivity index (χ2n) is 4.71. The van der Waals surface area contributed by atoms with Crippen molar-refractivity contribution in [3.8, 4) is 0 Å². The van der Waals surface area contributed by atoms with Gasteiger partial charge in [0, 0.05) is 32.9 Å². The summed E-state index contributed by atoms with van der Waals surface area (Å²) in [5, 5.41) is 3.89.